The van der Waals surface area contributed by atoms with Gasteiger partial charge in [-0.2, -0.15) is 0 Å². The average molecular weight is 349 g/mol. The quantitative estimate of drug-likeness (QED) is 0.559. The summed E-state index contributed by atoms with van der Waals surface area (Å²) in [6.07, 6.45) is -0.319. The number of anilines is 1. The fraction of sp³-hybridized carbons (Fsp3) is 0.400. The maximum atomic E-state index is 12.9. The number of para-hydroxylation sites is 1. The standard InChI is InChI=1S/C15H19N5O3S/c21-7-6-16-12(22)9-24-15-18-13-11(8-17-19-13)14(23)20(15)10-4-2-1-3-5-10/h1-5,11,13,17,19,21H,6-9H2,(H,16,22). The van der Waals surface area contributed by atoms with Crippen LogP contribution in [0.25, 0.3) is 0 Å². The summed E-state index contributed by atoms with van der Waals surface area (Å²) in [6, 6.07) is 9.28. The first kappa shape index (κ1) is 16.9. The number of aliphatic hydroxyl groups is 1. The highest BCUT2D eigenvalue weighted by atomic mass is 32.2. The van der Waals surface area contributed by atoms with E-state index in [2.05, 4.69) is 21.2 Å². The van der Waals surface area contributed by atoms with Gasteiger partial charge in [-0.05, 0) is 12.1 Å². The topological polar surface area (TPSA) is 106 Å². The van der Waals surface area contributed by atoms with Crippen molar-refractivity contribution in [1.82, 2.24) is 16.2 Å². The lowest BCUT2D eigenvalue weighted by molar-refractivity contribution is -0.121. The van der Waals surface area contributed by atoms with Crippen molar-refractivity contribution in [2.24, 2.45) is 10.9 Å². The van der Waals surface area contributed by atoms with Gasteiger partial charge in [-0.1, -0.05) is 30.0 Å². The number of amidine groups is 1. The van der Waals surface area contributed by atoms with E-state index in [1.165, 1.54) is 11.8 Å². The number of aliphatic imine (C=N–C) groups is 1. The second-order valence-electron chi connectivity index (χ2n) is 5.36. The molecule has 3 rings (SSSR count). The zero-order valence-electron chi connectivity index (χ0n) is 12.9. The third-order valence-electron chi connectivity index (χ3n) is 3.71. The monoisotopic (exact) mass is 349 g/mol. The second-order valence-corrected chi connectivity index (χ2v) is 6.30. The maximum absolute atomic E-state index is 12.9. The number of amides is 2. The van der Waals surface area contributed by atoms with Gasteiger partial charge in [-0.25, -0.2) is 10.4 Å². The van der Waals surface area contributed by atoms with Crippen molar-refractivity contribution in [1.29, 1.82) is 0 Å². The third-order valence-corrected chi connectivity index (χ3v) is 4.66. The molecule has 0 aromatic heterocycles. The van der Waals surface area contributed by atoms with Crippen LogP contribution in [0.5, 0.6) is 0 Å². The summed E-state index contributed by atoms with van der Waals surface area (Å²) in [4.78, 5) is 30.8. The van der Waals surface area contributed by atoms with Crippen LogP contribution in [-0.2, 0) is 9.59 Å². The van der Waals surface area contributed by atoms with Gasteiger partial charge >= 0.3 is 0 Å². The first-order chi connectivity index (χ1) is 11.7. The lowest BCUT2D eigenvalue weighted by atomic mass is 10.1. The van der Waals surface area contributed by atoms with Crippen LogP contribution in [0.1, 0.15) is 0 Å². The Hall–Kier alpha value is -1.94. The fourth-order valence-corrected chi connectivity index (χ4v) is 3.43. The summed E-state index contributed by atoms with van der Waals surface area (Å²) in [5, 5.41) is 11.8. The highest BCUT2D eigenvalue weighted by Gasteiger charge is 2.42. The fourth-order valence-electron chi connectivity index (χ4n) is 2.56. The van der Waals surface area contributed by atoms with E-state index in [9.17, 15) is 9.59 Å². The van der Waals surface area contributed by atoms with Gasteiger partial charge in [0.15, 0.2) is 5.17 Å². The van der Waals surface area contributed by atoms with E-state index in [1.807, 2.05) is 30.3 Å². The molecule has 1 saturated heterocycles. The van der Waals surface area contributed by atoms with Crippen molar-refractivity contribution in [2.75, 3.05) is 30.3 Å². The minimum Gasteiger partial charge on any atom is -0.395 e. The summed E-state index contributed by atoms with van der Waals surface area (Å²) in [5.41, 5.74) is 6.67. The number of nitrogens with one attached hydrogen (secondary N) is 3. The molecule has 1 aromatic rings. The van der Waals surface area contributed by atoms with Crippen molar-refractivity contribution in [3.05, 3.63) is 30.3 Å². The van der Waals surface area contributed by atoms with Crippen LogP contribution >= 0.6 is 11.8 Å². The molecule has 1 aromatic carbocycles. The number of hydrazine groups is 1. The lowest BCUT2D eigenvalue weighted by Crippen LogP contribution is -2.49. The summed E-state index contributed by atoms with van der Waals surface area (Å²) in [5.74, 6) is -0.396. The van der Waals surface area contributed by atoms with Gasteiger partial charge in [0, 0.05) is 13.1 Å². The van der Waals surface area contributed by atoms with Crippen molar-refractivity contribution in [3.8, 4) is 0 Å². The van der Waals surface area contributed by atoms with Crippen LogP contribution in [0.4, 0.5) is 5.69 Å². The number of fused-ring (bicyclic) bond motifs is 1. The maximum Gasteiger partial charge on any atom is 0.241 e. The number of rotatable bonds is 5. The summed E-state index contributed by atoms with van der Waals surface area (Å²) < 4.78 is 0. The molecule has 2 aliphatic heterocycles. The van der Waals surface area contributed by atoms with Crippen LogP contribution in [0.15, 0.2) is 35.3 Å². The number of hydrogen-bond donors (Lipinski definition) is 4. The highest BCUT2D eigenvalue weighted by molar-refractivity contribution is 8.14. The third kappa shape index (κ3) is 3.59. The average Bonchev–Trinajstić information content (AvgIpc) is 3.08. The van der Waals surface area contributed by atoms with E-state index >= 15 is 0 Å². The summed E-state index contributed by atoms with van der Waals surface area (Å²) in [6.45, 7) is 0.625. The minimum atomic E-state index is -0.319. The SMILES string of the molecule is O=C(CSC1=NC2NNCC2C(=O)N1c1ccccc1)NCCO. The molecule has 8 nitrogen and oxygen atoms in total. The van der Waals surface area contributed by atoms with Crippen LogP contribution in [0.3, 0.4) is 0 Å². The zero-order valence-corrected chi connectivity index (χ0v) is 13.8. The summed E-state index contributed by atoms with van der Waals surface area (Å²) in [7, 11) is 0. The smallest absolute Gasteiger partial charge is 0.241 e. The molecule has 1 fully saturated rings. The molecule has 0 spiro atoms. The van der Waals surface area contributed by atoms with Gasteiger partial charge in [-0.15, -0.1) is 0 Å². The number of thioether (sulfide) groups is 1. The van der Waals surface area contributed by atoms with E-state index in [-0.39, 0.29) is 42.8 Å². The molecule has 4 N–H and O–H groups in total. The van der Waals surface area contributed by atoms with Gasteiger partial charge < -0.3 is 10.4 Å². The number of hydrogen-bond acceptors (Lipinski definition) is 7. The van der Waals surface area contributed by atoms with Gasteiger partial charge in [0.05, 0.1) is 24.0 Å². The molecule has 0 saturated carbocycles. The van der Waals surface area contributed by atoms with Crippen molar-refractivity contribution in [2.45, 2.75) is 6.17 Å². The normalized spacial score (nSPS) is 23.0. The van der Waals surface area contributed by atoms with Crippen LogP contribution in [0, 0.1) is 5.92 Å². The molecule has 0 radical (unpaired) electrons. The van der Waals surface area contributed by atoms with Gasteiger partial charge in [0.25, 0.3) is 0 Å². The number of nitrogens with zero attached hydrogens (tertiary/aromatic N) is 2. The Morgan fingerprint density at radius 3 is 2.96 bits per heavy atom. The van der Waals surface area contributed by atoms with Crippen LogP contribution < -0.4 is 21.1 Å². The largest absolute Gasteiger partial charge is 0.395 e. The van der Waals surface area contributed by atoms with E-state index in [4.69, 9.17) is 5.11 Å². The van der Waals surface area contributed by atoms with Crippen LogP contribution in [0.2, 0.25) is 0 Å². The molecular formula is C15H19N5O3S. The predicted octanol–water partition coefficient (Wildman–Crippen LogP) is -0.719. The first-order valence-electron chi connectivity index (χ1n) is 7.66. The van der Waals surface area contributed by atoms with Gasteiger partial charge in [0.2, 0.25) is 11.8 Å². The molecule has 24 heavy (non-hydrogen) atoms. The van der Waals surface area contributed by atoms with E-state index in [0.717, 1.165) is 5.69 Å². The zero-order chi connectivity index (χ0) is 16.9. The lowest BCUT2D eigenvalue weighted by Gasteiger charge is -2.32. The summed E-state index contributed by atoms with van der Waals surface area (Å²) >= 11 is 1.21. The highest BCUT2D eigenvalue weighted by Crippen LogP contribution is 2.28. The predicted molar refractivity (Wildman–Crippen MR) is 92.3 cm³/mol. The van der Waals surface area contributed by atoms with Crippen LogP contribution in [-0.4, -0.2) is 53.7 Å². The number of carbonyl (C=O) groups is 2. The molecule has 0 aliphatic carbocycles. The Balaban J connectivity index is 1.79. The number of carbonyl (C=O) groups excluding carboxylic acids is 2. The van der Waals surface area contributed by atoms with Gasteiger partial charge in [-0.3, -0.25) is 19.9 Å². The molecule has 2 atom stereocenters. The molecule has 9 heteroatoms. The molecule has 128 valence electrons. The Morgan fingerprint density at radius 1 is 1.42 bits per heavy atom. The number of benzene rings is 1. The molecule has 2 unspecified atom stereocenters. The minimum absolute atomic E-state index is 0.0445. The molecule has 2 heterocycles. The van der Waals surface area contributed by atoms with E-state index < -0.39 is 0 Å². The van der Waals surface area contributed by atoms with E-state index in [0.29, 0.717) is 11.7 Å². The van der Waals surface area contributed by atoms with Crippen molar-refractivity contribution < 1.29 is 14.7 Å². The van der Waals surface area contributed by atoms with Crippen molar-refractivity contribution in [3.63, 3.8) is 0 Å². The van der Waals surface area contributed by atoms with E-state index in [1.54, 1.807) is 4.90 Å². The molecular weight excluding hydrogens is 330 g/mol. The molecule has 2 amide bonds. The Labute approximate surface area is 143 Å². The first-order valence-corrected chi connectivity index (χ1v) is 8.65. The molecule has 2 aliphatic rings. The number of aliphatic hydroxyl groups excluding tert-OH is 1. The van der Waals surface area contributed by atoms with Gasteiger partial charge in [0.1, 0.15) is 6.17 Å². The Bertz CT molecular complexity index is 639. The Morgan fingerprint density at radius 2 is 2.21 bits per heavy atom. The van der Waals surface area contributed by atoms with Crippen molar-refractivity contribution >= 4 is 34.4 Å². The Kier molecular flexibility index (Phi) is 5.46. The second kappa shape index (κ2) is 7.75. The molecule has 0 bridgehead atoms.